The minimum absolute atomic E-state index is 0.0294. The Morgan fingerprint density at radius 3 is 2.78 bits per heavy atom. The highest BCUT2D eigenvalue weighted by Crippen LogP contribution is 2.39. The van der Waals surface area contributed by atoms with Crippen molar-refractivity contribution in [2.24, 2.45) is 5.92 Å². The van der Waals surface area contributed by atoms with Gasteiger partial charge >= 0.3 is 0 Å². The Kier molecular flexibility index (Phi) is 3.22. The minimum atomic E-state index is -0.554. The van der Waals surface area contributed by atoms with Crippen molar-refractivity contribution in [2.45, 2.75) is 31.5 Å². The van der Waals surface area contributed by atoms with Gasteiger partial charge in [0, 0.05) is 37.2 Å². The van der Waals surface area contributed by atoms with E-state index in [1.807, 2.05) is 0 Å². The summed E-state index contributed by atoms with van der Waals surface area (Å²) in [6, 6.07) is 4.33. The summed E-state index contributed by atoms with van der Waals surface area (Å²) in [5.41, 5.74) is 0.694. The number of halogens is 1. The second kappa shape index (κ2) is 4.86. The first-order valence-electron chi connectivity index (χ1n) is 6.46. The number of hydrogen-bond acceptors (Lipinski definition) is 3. The van der Waals surface area contributed by atoms with Crippen LogP contribution in [0.4, 0.5) is 4.39 Å². The van der Waals surface area contributed by atoms with E-state index in [0.29, 0.717) is 23.7 Å². The second-order valence-electron chi connectivity index (χ2n) is 5.04. The second-order valence-corrected chi connectivity index (χ2v) is 5.04. The van der Waals surface area contributed by atoms with E-state index in [9.17, 15) is 9.50 Å². The third kappa shape index (κ3) is 2.22. The van der Waals surface area contributed by atoms with Gasteiger partial charge in [0.05, 0.1) is 6.10 Å². The lowest BCUT2D eigenvalue weighted by Gasteiger charge is -2.36. The molecule has 3 nitrogen and oxygen atoms in total. The van der Waals surface area contributed by atoms with Crippen LogP contribution in [0.1, 0.15) is 30.9 Å². The molecule has 0 amide bonds. The SMILES string of the molecule is OC1CC(C2CCOCC2)Oc2cc(F)ccc21. The van der Waals surface area contributed by atoms with Crippen LogP contribution in [-0.4, -0.2) is 24.4 Å². The Balaban J connectivity index is 1.81. The highest BCUT2D eigenvalue weighted by Gasteiger charge is 2.33. The number of hydrogen-bond donors (Lipinski definition) is 1. The minimum Gasteiger partial charge on any atom is -0.490 e. The highest BCUT2D eigenvalue weighted by molar-refractivity contribution is 5.37. The van der Waals surface area contributed by atoms with E-state index in [1.54, 1.807) is 6.07 Å². The summed E-state index contributed by atoms with van der Waals surface area (Å²) < 4.78 is 24.4. The number of aliphatic hydroxyl groups is 1. The van der Waals surface area contributed by atoms with Crippen LogP contribution in [-0.2, 0) is 4.74 Å². The molecule has 1 saturated heterocycles. The van der Waals surface area contributed by atoms with Crippen molar-refractivity contribution in [2.75, 3.05) is 13.2 Å². The number of aliphatic hydroxyl groups excluding tert-OH is 1. The van der Waals surface area contributed by atoms with Gasteiger partial charge in [0.15, 0.2) is 0 Å². The van der Waals surface area contributed by atoms with Crippen LogP contribution < -0.4 is 4.74 Å². The lowest BCUT2D eigenvalue weighted by atomic mass is 9.87. The van der Waals surface area contributed by atoms with Crippen molar-refractivity contribution in [3.8, 4) is 5.75 Å². The van der Waals surface area contributed by atoms with Crippen molar-refractivity contribution in [1.82, 2.24) is 0 Å². The number of ether oxygens (including phenoxy) is 2. The van der Waals surface area contributed by atoms with Crippen molar-refractivity contribution in [3.63, 3.8) is 0 Å². The van der Waals surface area contributed by atoms with E-state index in [4.69, 9.17) is 9.47 Å². The van der Waals surface area contributed by atoms with E-state index in [0.717, 1.165) is 26.1 Å². The standard InChI is InChI=1S/C14H17FO3/c15-10-1-2-11-12(16)8-13(18-14(11)7-10)9-3-5-17-6-4-9/h1-2,7,9,12-13,16H,3-6,8H2. The summed E-state index contributed by atoms with van der Waals surface area (Å²) >= 11 is 0. The van der Waals surface area contributed by atoms with Crippen LogP contribution in [0.5, 0.6) is 5.75 Å². The van der Waals surface area contributed by atoms with E-state index in [2.05, 4.69) is 0 Å². The molecule has 2 unspecified atom stereocenters. The molecule has 1 N–H and O–H groups in total. The Morgan fingerprint density at radius 1 is 1.22 bits per heavy atom. The zero-order valence-corrected chi connectivity index (χ0v) is 10.1. The molecular formula is C14H17FO3. The fourth-order valence-corrected chi connectivity index (χ4v) is 2.82. The zero-order valence-electron chi connectivity index (χ0n) is 10.1. The Hall–Kier alpha value is -1.13. The smallest absolute Gasteiger partial charge is 0.128 e. The van der Waals surface area contributed by atoms with Crippen LogP contribution in [0.2, 0.25) is 0 Å². The van der Waals surface area contributed by atoms with Crippen molar-refractivity contribution in [1.29, 1.82) is 0 Å². The molecule has 0 aromatic heterocycles. The summed E-state index contributed by atoms with van der Waals surface area (Å²) in [5.74, 6) is 0.559. The normalized spacial score (nSPS) is 28.6. The third-order valence-corrected chi connectivity index (χ3v) is 3.86. The molecule has 0 aliphatic carbocycles. The first-order valence-corrected chi connectivity index (χ1v) is 6.46. The average Bonchev–Trinajstić information content (AvgIpc) is 2.39. The van der Waals surface area contributed by atoms with Gasteiger partial charge in [-0.2, -0.15) is 0 Å². The van der Waals surface area contributed by atoms with Crippen LogP contribution in [0.25, 0.3) is 0 Å². The topological polar surface area (TPSA) is 38.7 Å². The summed E-state index contributed by atoms with van der Waals surface area (Å²) in [6.07, 6.45) is 1.90. The first-order chi connectivity index (χ1) is 8.74. The van der Waals surface area contributed by atoms with E-state index < -0.39 is 6.10 Å². The quantitative estimate of drug-likeness (QED) is 0.834. The number of fused-ring (bicyclic) bond motifs is 1. The molecule has 2 atom stereocenters. The first kappa shape index (κ1) is 11.9. The molecule has 18 heavy (non-hydrogen) atoms. The summed E-state index contributed by atoms with van der Waals surface area (Å²) in [5, 5.41) is 10.1. The van der Waals surface area contributed by atoms with Gasteiger partial charge in [-0.25, -0.2) is 4.39 Å². The Morgan fingerprint density at radius 2 is 2.00 bits per heavy atom. The van der Waals surface area contributed by atoms with Gasteiger partial charge in [-0.15, -0.1) is 0 Å². The van der Waals surface area contributed by atoms with Crippen molar-refractivity contribution >= 4 is 0 Å². The molecule has 1 aromatic carbocycles. The molecule has 2 aliphatic heterocycles. The molecule has 98 valence electrons. The number of rotatable bonds is 1. The summed E-state index contributed by atoms with van der Waals surface area (Å²) in [4.78, 5) is 0. The molecule has 0 saturated carbocycles. The van der Waals surface area contributed by atoms with E-state index >= 15 is 0 Å². The maximum Gasteiger partial charge on any atom is 0.128 e. The van der Waals surface area contributed by atoms with Gasteiger partial charge in [0.25, 0.3) is 0 Å². The van der Waals surface area contributed by atoms with Gasteiger partial charge in [0.2, 0.25) is 0 Å². The van der Waals surface area contributed by atoms with Crippen LogP contribution in [0, 0.1) is 11.7 Å². The molecule has 2 aliphatic rings. The van der Waals surface area contributed by atoms with Gasteiger partial charge in [-0.3, -0.25) is 0 Å². The Labute approximate surface area is 106 Å². The largest absolute Gasteiger partial charge is 0.490 e. The zero-order chi connectivity index (χ0) is 12.5. The van der Waals surface area contributed by atoms with Gasteiger partial charge in [0.1, 0.15) is 17.7 Å². The molecule has 0 radical (unpaired) electrons. The molecule has 4 heteroatoms. The van der Waals surface area contributed by atoms with E-state index in [-0.39, 0.29) is 11.9 Å². The fourth-order valence-electron chi connectivity index (χ4n) is 2.82. The molecule has 2 heterocycles. The van der Waals surface area contributed by atoms with Crippen molar-refractivity contribution < 1.29 is 19.0 Å². The van der Waals surface area contributed by atoms with E-state index in [1.165, 1.54) is 12.1 Å². The fraction of sp³-hybridized carbons (Fsp3) is 0.571. The molecule has 0 spiro atoms. The highest BCUT2D eigenvalue weighted by atomic mass is 19.1. The molecule has 1 aromatic rings. The molecule has 1 fully saturated rings. The van der Waals surface area contributed by atoms with Crippen LogP contribution >= 0.6 is 0 Å². The summed E-state index contributed by atoms with van der Waals surface area (Å²) in [7, 11) is 0. The monoisotopic (exact) mass is 252 g/mol. The van der Waals surface area contributed by atoms with Crippen molar-refractivity contribution in [3.05, 3.63) is 29.6 Å². The lowest BCUT2D eigenvalue weighted by Crippen LogP contribution is -2.36. The maximum absolute atomic E-state index is 13.2. The predicted octanol–water partition coefficient (Wildman–Crippen LogP) is 2.44. The molecule has 3 rings (SSSR count). The lowest BCUT2D eigenvalue weighted by molar-refractivity contribution is -0.0152. The maximum atomic E-state index is 13.2. The third-order valence-electron chi connectivity index (χ3n) is 3.86. The number of benzene rings is 1. The van der Waals surface area contributed by atoms with Gasteiger partial charge in [-0.05, 0) is 25.0 Å². The molecule has 0 bridgehead atoms. The Bertz CT molecular complexity index is 429. The summed E-state index contributed by atoms with van der Waals surface area (Å²) in [6.45, 7) is 1.49. The van der Waals surface area contributed by atoms with Crippen LogP contribution in [0.15, 0.2) is 18.2 Å². The van der Waals surface area contributed by atoms with Gasteiger partial charge < -0.3 is 14.6 Å². The molecular weight excluding hydrogens is 235 g/mol. The van der Waals surface area contributed by atoms with Gasteiger partial charge in [-0.1, -0.05) is 0 Å². The van der Waals surface area contributed by atoms with Crippen LogP contribution in [0.3, 0.4) is 0 Å². The average molecular weight is 252 g/mol. The predicted molar refractivity (Wildman–Crippen MR) is 63.9 cm³/mol.